The van der Waals surface area contributed by atoms with Crippen molar-refractivity contribution in [1.29, 1.82) is 0 Å². The highest BCUT2D eigenvalue weighted by molar-refractivity contribution is 5.75. The molecule has 0 heterocycles. The summed E-state index contributed by atoms with van der Waals surface area (Å²) < 4.78 is 5.53. The van der Waals surface area contributed by atoms with Gasteiger partial charge in [0.05, 0.1) is 18.1 Å². The molecule has 5 atom stereocenters. The first-order chi connectivity index (χ1) is 9.66. The molecule has 2 aliphatic carbocycles. The van der Waals surface area contributed by atoms with Crippen LogP contribution in [0.5, 0.6) is 0 Å². The van der Waals surface area contributed by atoms with Crippen molar-refractivity contribution in [1.82, 2.24) is 0 Å². The Morgan fingerprint density at radius 2 is 2.00 bits per heavy atom. The van der Waals surface area contributed by atoms with E-state index >= 15 is 0 Å². The van der Waals surface area contributed by atoms with E-state index in [9.17, 15) is 9.90 Å². The summed E-state index contributed by atoms with van der Waals surface area (Å²) in [5, 5.41) is 10.3. The van der Waals surface area contributed by atoms with E-state index in [0.717, 1.165) is 25.7 Å². The summed E-state index contributed by atoms with van der Waals surface area (Å²) in [5.74, 6) is 1.26. The van der Waals surface area contributed by atoms with Gasteiger partial charge < -0.3 is 9.84 Å². The van der Waals surface area contributed by atoms with Crippen molar-refractivity contribution in [2.75, 3.05) is 6.61 Å². The van der Waals surface area contributed by atoms with Gasteiger partial charge in [0.1, 0.15) is 0 Å². The molecule has 0 aromatic carbocycles. The first kappa shape index (κ1) is 16.8. The third kappa shape index (κ3) is 3.28. The van der Waals surface area contributed by atoms with Crippen LogP contribution in [-0.2, 0) is 9.53 Å². The Hall–Kier alpha value is -0.570. The number of esters is 1. The summed E-state index contributed by atoms with van der Waals surface area (Å²) >= 11 is 0. The highest BCUT2D eigenvalue weighted by Crippen LogP contribution is 2.57. The average Bonchev–Trinajstić information content (AvgIpc) is 2.73. The lowest BCUT2D eigenvalue weighted by molar-refractivity contribution is -0.155. The van der Waals surface area contributed by atoms with E-state index in [0.29, 0.717) is 24.4 Å². The summed E-state index contributed by atoms with van der Waals surface area (Å²) in [6.07, 6.45) is 5.45. The van der Waals surface area contributed by atoms with Crippen molar-refractivity contribution in [3.8, 4) is 0 Å². The van der Waals surface area contributed by atoms with E-state index < -0.39 is 5.41 Å². The van der Waals surface area contributed by atoms with Gasteiger partial charge in [0.15, 0.2) is 0 Å². The lowest BCUT2D eigenvalue weighted by atomic mass is 9.62. The molecular weight excluding hydrogens is 264 g/mol. The Morgan fingerprint density at radius 3 is 2.62 bits per heavy atom. The summed E-state index contributed by atoms with van der Waals surface area (Å²) in [5.41, 5.74) is -0.200. The van der Waals surface area contributed by atoms with E-state index in [4.69, 9.17) is 4.74 Å². The molecule has 122 valence electrons. The first-order valence-electron chi connectivity index (χ1n) is 8.51. The number of rotatable bonds is 3. The molecule has 2 aliphatic rings. The third-order valence-electron chi connectivity index (χ3n) is 5.94. The van der Waals surface area contributed by atoms with Crippen molar-refractivity contribution in [2.45, 2.75) is 72.8 Å². The molecule has 0 saturated heterocycles. The Balaban J connectivity index is 1.97. The molecule has 2 saturated carbocycles. The minimum atomic E-state index is -0.428. The number of hydrogen-bond acceptors (Lipinski definition) is 3. The summed E-state index contributed by atoms with van der Waals surface area (Å²) in [6, 6.07) is 0. The zero-order valence-corrected chi connectivity index (χ0v) is 14.3. The Kier molecular flexibility index (Phi) is 4.72. The molecule has 3 nitrogen and oxygen atoms in total. The van der Waals surface area contributed by atoms with Gasteiger partial charge in [-0.1, -0.05) is 20.3 Å². The molecule has 21 heavy (non-hydrogen) atoms. The second kappa shape index (κ2) is 5.91. The maximum Gasteiger partial charge on any atom is 0.311 e. The molecule has 0 spiro atoms. The van der Waals surface area contributed by atoms with Crippen LogP contribution < -0.4 is 0 Å². The lowest BCUT2D eigenvalue weighted by Gasteiger charge is -2.45. The number of aliphatic hydroxyl groups excluding tert-OH is 1. The van der Waals surface area contributed by atoms with Crippen LogP contribution in [0.3, 0.4) is 0 Å². The second-order valence-corrected chi connectivity index (χ2v) is 8.58. The van der Waals surface area contributed by atoms with Crippen molar-refractivity contribution in [3.05, 3.63) is 0 Å². The van der Waals surface area contributed by atoms with Gasteiger partial charge in [0.2, 0.25) is 0 Å². The van der Waals surface area contributed by atoms with Crippen LogP contribution >= 0.6 is 0 Å². The van der Waals surface area contributed by atoms with Gasteiger partial charge in [-0.05, 0) is 69.6 Å². The predicted octanol–water partition coefficient (Wildman–Crippen LogP) is 3.79. The van der Waals surface area contributed by atoms with Crippen LogP contribution in [-0.4, -0.2) is 23.8 Å². The molecule has 0 aromatic heterocycles. The van der Waals surface area contributed by atoms with Crippen molar-refractivity contribution < 1.29 is 14.6 Å². The van der Waals surface area contributed by atoms with Gasteiger partial charge in [-0.25, -0.2) is 0 Å². The molecule has 0 radical (unpaired) electrons. The molecule has 0 unspecified atom stereocenters. The zero-order chi connectivity index (χ0) is 15.8. The van der Waals surface area contributed by atoms with E-state index in [1.54, 1.807) is 0 Å². The topological polar surface area (TPSA) is 46.5 Å². The van der Waals surface area contributed by atoms with Gasteiger partial charge in [-0.2, -0.15) is 0 Å². The summed E-state index contributed by atoms with van der Waals surface area (Å²) in [7, 11) is 0. The molecular formula is C18H32O3. The van der Waals surface area contributed by atoms with Crippen molar-refractivity contribution in [2.24, 2.45) is 28.6 Å². The Bertz CT molecular complexity index is 384. The van der Waals surface area contributed by atoms with Crippen LogP contribution in [0, 0.1) is 28.6 Å². The minimum Gasteiger partial charge on any atom is -0.465 e. The monoisotopic (exact) mass is 296 g/mol. The SMILES string of the molecule is C[C@H](COC(=O)C(C)(C)C)[C@@H]1CC[C@H]2[C@@H](O)CCC[C@]12C. The van der Waals surface area contributed by atoms with Crippen LogP contribution in [0.1, 0.15) is 66.7 Å². The maximum atomic E-state index is 11.9. The van der Waals surface area contributed by atoms with E-state index in [-0.39, 0.29) is 17.5 Å². The molecule has 0 bridgehead atoms. The summed E-state index contributed by atoms with van der Waals surface area (Å²) in [4.78, 5) is 11.9. The molecule has 0 amide bonds. The maximum absolute atomic E-state index is 11.9. The molecule has 2 fully saturated rings. The number of aliphatic hydroxyl groups is 1. The Morgan fingerprint density at radius 1 is 1.33 bits per heavy atom. The van der Waals surface area contributed by atoms with Crippen LogP contribution in [0.15, 0.2) is 0 Å². The Labute approximate surface area is 129 Å². The predicted molar refractivity (Wildman–Crippen MR) is 83.8 cm³/mol. The fraction of sp³-hybridized carbons (Fsp3) is 0.944. The molecule has 3 heteroatoms. The lowest BCUT2D eigenvalue weighted by Crippen LogP contribution is -2.42. The average molecular weight is 296 g/mol. The molecule has 2 rings (SSSR count). The van der Waals surface area contributed by atoms with Crippen molar-refractivity contribution in [3.63, 3.8) is 0 Å². The third-order valence-corrected chi connectivity index (χ3v) is 5.94. The number of hydrogen-bond donors (Lipinski definition) is 1. The number of carbonyl (C=O) groups excluding carboxylic acids is 1. The molecule has 0 aromatic rings. The summed E-state index contributed by atoms with van der Waals surface area (Å²) in [6.45, 7) is 10.7. The van der Waals surface area contributed by atoms with Crippen LogP contribution in [0.4, 0.5) is 0 Å². The van der Waals surface area contributed by atoms with Crippen molar-refractivity contribution >= 4 is 5.97 Å². The van der Waals surface area contributed by atoms with Crippen LogP contribution in [0.2, 0.25) is 0 Å². The fourth-order valence-electron chi connectivity index (χ4n) is 4.66. The van der Waals surface area contributed by atoms with Gasteiger partial charge in [0.25, 0.3) is 0 Å². The smallest absolute Gasteiger partial charge is 0.311 e. The van der Waals surface area contributed by atoms with Gasteiger partial charge in [-0.3, -0.25) is 4.79 Å². The number of ether oxygens (including phenoxy) is 1. The highest BCUT2D eigenvalue weighted by atomic mass is 16.5. The van der Waals surface area contributed by atoms with E-state index in [1.165, 1.54) is 6.42 Å². The highest BCUT2D eigenvalue weighted by Gasteiger charge is 2.52. The molecule has 1 N–H and O–H groups in total. The minimum absolute atomic E-state index is 0.113. The second-order valence-electron chi connectivity index (χ2n) is 8.58. The number of fused-ring (bicyclic) bond motifs is 1. The quantitative estimate of drug-likeness (QED) is 0.806. The standard InChI is InChI=1S/C18H32O3/c1-12(11-21-16(20)17(2,3)4)13-8-9-14-15(19)7-6-10-18(13,14)5/h12-15,19H,6-11H2,1-5H3/t12-,13+,14+,15+,18-/m1/s1. The van der Waals surface area contributed by atoms with Gasteiger partial charge >= 0.3 is 5.97 Å². The normalized spacial score (nSPS) is 37.9. The van der Waals surface area contributed by atoms with Gasteiger partial charge in [-0.15, -0.1) is 0 Å². The largest absolute Gasteiger partial charge is 0.465 e. The first-order valence-corrected chi connectivity index (χ1v) is 8.51. The molecule has 0 aliphatic heterocycles. The van der Waals surface area contributed by atoms with Gasteiger partial charge in [0, 0.05) is 0 Å². The number of carbonyl (C=O) groups is 1. The van der Waals surface area contributed by atoms with Crippen LogP contribution in [0.25, 0.3) is 0 Å². The zero-order valence-electron chi connectivity index (χ0n) is 14.3. The fourth-order valence-corrected chi connectivity index (χ4v) is 4.66. The van der Waals surface area contributed by atoms with E-state index in [2.05, 4.69) is 13.8 Å². The van der Waals surface area contributed by atoms with E-state index in [1.807, 2.05) is 20.8 Å².